The van der Waals surface area contributed by atoms with Gasteiger partial charge in [0.05, 0.1) is 12.2 Å². The fourth-order valence-corrected chi connectivity index (χ4v) is 1.42. The van der Waals surface area contributed by atoms with Crippen LogP contribution in [-0.4, -0.2) is 23.4 Å². The Morgan fingerprint density at radius 1 is 1.38 bits per heavy atom. The van der Waals surface area contributed by atoms with Gasteiger partial charge in [0.25, 0.3) is 0 Å². The van der Waals surface area contributed by atoms with Crippen molar-refractivity contribution < 1.29 is 9.84 Å². The van der Waals surface area contributed by atoms with E-state index in [9.17, 15) is 0 Å². The van der Waals surface area contributed by atoms with Crippen LogP contribution in [0.3, 0.4) is 0 Å². The second-order valence-electron chi connectivity index (χ2n) is 2.64. The van der Waals surface area contributed by atoms with E-state index in [1.54, 1.807) is 0 Å². The number of aliphatic hydroxyl groups excluding tert-OH is 1. The van der Waals surface area contributed by atoms with Crippen LogP contribution in [0.5, 0.6) is 0 Å². The first-order valence-electron chi connectivity index (χ1n) is 3.21. The lowest BCUT2D eigenvalue weighted by atomic mass is 9.98. The van der Waals surface area contributed by atoms with Crippen molar-refractivity contribution in [3.05, 3.63) is 0 Å². The highest BCUT2D eigenvalue weighted by Crippen LogP contribution is 2.36. The molecule has 1 aliphatic carbocycles. The summed E-state index contributed by atoms with van der Waals surface area (Å²) in [5.74, 6) is 0. The maximum Gasteiger partial charge on any atom is 0.110 e. The lowest BCUT2D eigenvalue weighted by Gasteiger charge is -2.10. The normalized spacial score (nSPS) is 52.9. The van der Waals surface area contributed by atoms with Gasteiger partial charge in [-0.1, -0.05) is 0 Å². The van der Waals surface area contributed by atoms with Crippen LogP contribution in [0.4, 0.5) is 0 Å². The smallest absolute Gasteiger partial charge is 0.110 e. The zero-order chi connectivity index (χ0) is 5.56. The van der Waals surface area contributed by atoms with E-state index in [0.29, 0.717) is 6.10 Å². The predicted octanol–water partition coefficient (Wildman–Crippen LogP) is 0.299. The van der Waals surface area contributed by atoms with Crippen LogP contribution in [0.15, 0.2) is 0 Å². The minimum Gasteiger partial charge on any atom is -0.390 e. The summed E-state index contributed by atoms with van der Waals surface area (Å²) in [4.78, 5) is 0. The van der Waals surface area contributed by atoms with Crippen LogP contribution in [0.2, 0.25) is 0 Å². The molecule has 1 aliphatic heterocycles. The zero-order valence-corrected chi connectivity index (χ0v) is 4.71. The van der Waals surface area contributed by atoms with Gasteiger partial charge < -0.3 is 9.84 Å². The van der Waals surface area contributed by atoms with Crippen LogP contribution >= 0.6 is 0 Å². The lowest BCUT2D eigenvalue weighted by Crippen LogP contribution is -2.20. The molecular formula is C6H10O2. The maximum absolute atomic E-state index is 9.09. The molecule has 0 radical (unpaired) electrons. The van der Waals surface area contributed by atoms with Gasteiger partial charge in [0.1, 0.15) is 6.10 Å². The Balaban J connectivity index is 1.99. The third kappa shape index (κ3) is 0.565. The second-order valence-corrected chi connectivity index (χ2v) is 2.64. The molecule has 0 aromatic rings. The number of epoxide rings is 1. The summed E-state index contributed by atoms with van der Waals surface area (Å²) in [6.45, 7) is 0. The molecule has 0 spiro atoms. The van der Waals surface area contributed by atoms with Crippen LogP contribution in [0, 0.1) is 0 Å². The fraction of sp³-hybridized carbons (Fsp3) is 1.00. The Morgan fingerprint density at radius 2 is 2.25 bits per heavy atom. The molecule has 1 N–H and O–H groups in total. The molecule has 8 heavy (non-hydrogen) atoms. The highest BCUT2D eigenvalue weighted by Gasteiger charge is 2.46. The van der Waals surface area contributed by atoms with Crippen molar-refractivity contribution in [3.63, 3.8) is 0 Å². The maximum atomic E-state index is 9.09. The molecule has 2 fully saturated rings. The highest BCUT2D eigenvalue weighted by atomic mass is 16.6. The molecule has 3 atom stereocenters. The number of rotatable bonds is 0. The van der Waals surface area contributed by atoms with Crippen molar-refractivity contribution in [3.8, 4) is 0 Å². The van der Waals surface area contributed by atoms with E-state index in [0.717, 1.165) is 12.8 Å². The second kappa shape index (κ2) is 1.45. The summed E-state index contributed by atoms with van der Waals surface area (Å²) < 4.78 is 5.14. The van der Waals surface area contributed by atoms with E-state index < -0.39 is 0 Å². The first kappa shape index (κ1) is 4.77. The van der Waals surface area contributed by atoms with Gasteiger partial charge in [-0.2, -0.15) is 0 Å². The third-order valence-electron chi connectivity index (χ3n) is 1.99. The van der Waals surface area contributed by atoms with Crippen LogP contribution < -0.4 is 0 Å². The molecule has 0 aromatic heterocycles. The molecule has 0 aromatic carbocycles. The first-order chi connectivity index (χ1) is 3.88. The van der Waals surface area contributed by atoms with E-state index in [-0.39, 0.29) is 12.2 Å². The van der Waals surface area contributed by atoms with Crippen molar-refractivity contribution in [2.24, 2.45) is 0 Å². The van der Waals surface area contributed by atoms with Gasteiger partial charge in [-0.3, -0.25) is 0 Å². The van der Waals surface area contributed by atoms with Gasteiger partial charge in [0, 0.05) is 0 Å². The Kier molecular flexibility index (Phi) is 0.866. The van der Waals surface area contributed by atoms with Crippen molar-refractivity contribution >= 4 is 0 Å². The first-order valence-corrected chi connectivity index (χ1v) is 3.21. The number of fused-ring (bicyclic) bond motifs is 1. The predicted molar refractivity (Wildman–Crippen MR) is 28.5 cm³/mol. The van der Waals surface area contributed by atoms with Crippen molar-refractivity contribution in [1.29, 1.82) is 0 Å². The molecule has 1 saturated carbocycles. The van der Waals surface area contributed by atoms with Crippen molar-refractivity contribution in [2.75, 3.05) is 0 Å². The topological polar surface area (TPSA) is 32.8 Å². The van der Waals surface area contributed by atoms with E-state index in [4.69, 9.17) is 9.84 Å². The SMILES string of the molecule is O[C@H]1CCC[C@H]2O[C@@H]12. The van der Waals surface area contributed by atoms with Crippen LogP contribution in [0.1, 0.15) is 19.3 Å². The van der Waals surface area contributed by atoms with Gasteiger partial charge in [-0.05, 0) is 19.3 Å². The molecular weight excluding hydrogens is 104 g/mol. The summed E-state index contributed by atoms with van der Waals surface area (Å²) in [6, 6.07) is 0. The highest BCUT2D eigenvalue weighted by molar-refractivity contribution is 4.94. The molecule has 0 bridgehead atoms. The average Bonchev–Trinajstić information content (AvgIpc) is 2.45. The molecule has 2 aliphatic rings. The van der Waals surface area contributed by atoms with Gasteiger partial charge >= 0.3 is 0 Å². The lowest BCUT2D eigenvalue weighted by molar-refractivity contribution is 0.124. The molecule has 2 heteroatoms. The fourth-order valence-electron chi connectivity index (χ4n) is 1.42. The average molecular weight is 114 g/mol. The molecule has 1 saturated heterocycles. The van der Waals surface area contributed by atoms with E-state index in [1.165, 1.54) is 6.42 Å². The van der Waals surface area contributed by atoms with Gasteiger partial charge in [0.2, 0.25) is 0 Å². The van der Waals surface area contributed by atoms with Crippen LogP contribution in [-0.2, 0) is 4.74 Å². The summed E-state index contributed by atoms with van der Waals surface area (Å²) >= 11 is 0. The Hall–Kier alpha value is -0.0800. The Bertz CT molecular complexity index is 103. The Morgan fingerprint density at radius 3 is 2.88 bits per heavy atom. The van der Waals surface area contributed by atoms with E-state index in [1.807, 2.05) is 0 Å². The minimum atomic E-state index is -0.145. The summed E-state index contributed by atoms with van der Waals surface area (Å²) in [5.41, 5.74) is 0. The quantitative estimate of drug-likeness (QED) is 0.459. The van der Waals surface area contributed by atoms with Crippen molar-refractivity contribution in [1.82, 2.24) is 0 Å². The zero-order valence-electron chi connectivity index (χ0n) is 4.71. The molecule has 46 valence electrons. The monoisotopic (exact) mass is 114 g/mol. The number of hydrogen-bond donors (Lipinski definition) is 1. The number of ether oxygens (including phenoxy) is 1. The molecule has 0 unspecified atom stereocenters. The summed E-state index contributed by atoms with van der Waals surface area (Å²) in [6.07, 6.45) is 3.77. The van der Waals surface area contributed by atoms with Gasteiger partial charge in [-0.15, -0.1) is 0 Å². The van der Waals surface area contributed by atoms with Crippen molar-refractivity contribution in [2.45, 2.75) is 37.6 Å². The molecule has 0 amide bonds. The van der Waals surface area contributed by atoms with Gasteiger partial charge in [0.15, 0.2) is 0 Å². The summed E-state index contributed by atoms with van der Waals surface area (Å²) in [5, 5.41) is 9.09. The molecule has 2 nitrogen and oxygen atoms in total. The third-order valence-corrected chi connectivity index (χ3v) is 1.99. The van der Waals surface area contributed by atoms with E-state index in [2.05, 4.69) is 0 Å². The minimum absolute atomic E-state index is 0.145. The summed E-state index contributed by atoms with van der Waals surface area (Å²) in [7, 11) is 0. The van der Waals surface area contributed by atoms with E-state index >= 15 is 0 Å². The largest absolute Gasteiger partial charge is 0.390 e. The number of hydrogen-bond acceptors (Lipinski definition) is 2. The number of aliphatic hydroxyl groups is 1. The Labute approximate surface area is 48.5 Å². The molecule has 2 rings (SSSR count). The molecule has 1 heterocycles. The van der Waals surface area contributed by atoms with Gasteiger partial charge in [-0.25, -0.2) is 0 Å². The van der Waals surface area contributed by atoms with Crippen LogP contribution in [0.25, 0.3) is 0 Å². The standard InChI is InChI=1S/C6H10O2/c7-4-2-1-3-5-6(4)8-5/h4-7H,1-3H2/t4-,5+,6-/m0/s1.